The second-order valence-electron chi connectivity index (χ2n) is 4.37. The van der Waals surface area contributed by atoms with Crippen molar-refractivity contribution < 1.29 is 5.21 Å². The minimum atomic E-state index is 0.251. The van der Waals surface area contributed by atoms with Crippen molar-refractivity contribution >= 4 is 11.7 Å². The third-order valence-corrected chi connectivity index (χ3v) is 3.00. The van der Waals surface area contributed by atoms with Crippen LogP contribution in [0.4, 0.5) is 5.82 Å². The van der Waals surface area contributed by atoms with Crippen LogP contribution in [-0.2, 0) is 0 Å². The van der Waals surface area contributed by atoms with Crippen molar-refractivity contribution in [2.24, 2.45) is 10.9 Å². The van der Waals surface area contributed by atoms with Gasteiger partial charge in [0.1, 0.15) is 12.1 Å². The van der Waals surface area contributed by atoms with Gasteiger partial charge in [-0.3, -0.25) is 4.90 Å². The molecule has 0 aromatic carbocycles. The molecule has 1 aromatic rings. The molecule has 2 heterocycles. The van der Waals surface area contributed by atoms with Crippen molar-refractivity contribution in [1.82, 2.24) is 14.9 Å². The second-order valence-corrected chi connectivity index (χ2v) is 4.37. The maximum absolute atomic E-state index is 8.53. The van der Waals surface area contributed by atoms with Crippen LogP contribution in [0.1, 0.15) is 5.69 Å². The van der Waals surface area contributed by atoms with E-state index < -0.39 is 0 Å². The maximum atomic E-state index is 8.53. The molecule has 0 spiro atoms. The van der Waals surface area contributed by atoms with Gasteiger partial charge >= 0.3 is 0 Å². The van der Waals surface area contributed by atoms with Crippen molar-refractivity contribution in [3.05, 3.63) is 18.1 Å². The van der Waals surface area contributed by atoms with Gasteiger partial charge in [-0.25, -0.2) is 9.97 Å². The van der Waals surface area contributed by atoms with Crippen molar-refractivity contribution in [3.8, 4) is 0 Å². The quantitative estimate of drug-likeness (QED) is 0.330. The average molecular weight is 250 g/mol. The van der Waals surface area contributed by atoms with E-state index in [1.807, 2.05) is 13.0 Å². The molecule has 0 aliphatic carbocycles. The molecule has 0 saturated carbocycles. The lowest BCUT2D eigenvalue weighted by atomic mass is 10.3. The molecule has 0 unspecified atom stereocenters. The fourth-order valence-corrected chi connectivity index (χ4v) is 2.01. The minimum Gasteiger partial charge on any atom is -0.409 e. The van der Waals surface area contributed by atoms with E-state index in [1.165, 1.54) is 0 Å². The standard InChI is InChI=1S/C11H18N6O/c1-9-6-11(14-8-13-9)17-4-2-16(3-5-17)7-10(12)15-18/h6,8,18H,2-5,7H2,1H3,(H2,12,15). The van der Waals surface area contributed by atoms with Crippen LogP contribution in [0.2, 0.25) is 0 Å². The fraction of sp³-hybridized carbons (Fsp3) is 0.545. The summed E-state index contributed by atoms with van der Waals surface area (Å²) in [5.41, 5.74) is 6.46. The summed E-state index contributed by atoms with van der Waals surface area (Å²) in [5, 5.41) is 11.5. The molecule has 1 aliphatic heterocycles. The Balaban J connectivity index is 1.90. The molecule has 0 bridgehead atoms. The smallest absolute Gasteiger partial charge is 0.153 e. The van der Waals surface area contributed by atoms with E-state index in [9.17, 15) is 0 Å². The molecular weight excluding hydrogens is 232 g/mol. The molecule has 98 valence electrons. The first-order valence-electron chi connectivity index (χ1n) is 5.91. The van der Waals surface area contributed by atoms with E-state index in [2.05, 4.69) is 24.9 Å². The first-order chi connectivity index (χ1) is 8.69. The van der Waals surface area contributed by atoms with Crippen molar-refractivity contribution in [2.75, 3.05) is 37.6 Å². The Bertz CT molecular complexity index is 427. The number of piperazine rings is 1. The van der Waals surface area contributed by atoms with Gasteiger partial charge in [-0.2, -0.15) is 0 Å². The van der Waals surface area contributed by atoms with Crippen LogP contribution in [0, 0.1) is 6.92 Å². The normalized spacial score (nSPS) is 18.1. The summed E-state index contributed by atoms with van der Waals surface area (Å²) in [7, 11) is 0. The number of oxime groups is 1. The number of rotatable bonds is 3. The molecule has 1 saturated heterocycles. The molecule has 18 heavy (non-hydrogen) atoms. The lowest BCUT2D eigenvalue weighted by molar-refractivity contribution is 0.278. The minimum absolute atomic E-state index is 0.251. The number of amidine groups is 1. The number of hydrogen-bond acceptors (Lipinski definition) is 6. The van der Waals surface area contributed by atoms with Gasteiger partial charge < -0.3 is 15.8 Å². The number of anilines is 1. The highest BCUT2D eigenvalue weighted by atomic mass is 16.4. The summed E-state index contributed by atoms with van der Waals surface area (Å²) in [6.45, 7) is 5.98. The highest BCUT2D eigenvalue weighted by Gasteiger charge is 2.18. The zero-order valence-corrected chi connectivity index (χ0v) is 10.5. The molecule has 3 N–H and O–H groups in total. The van der Waals surface area contributed by atoms with Crippen LogP contribution in [0.15, 0.2) is 17.5 Å². The molecule has 1 aliphatic rings. The zero-order chi connectivity index (χ0) is 13.0. The summed E-state index contributed by atoms with van der Waals surface area (Å²) in [4.78, 5) is 12.7. The number of nitrogens with two attached hydrogens (primary N) is 1. The molecular formula is C11H18N6O. The van der Waals surface area contributed by atoms with Gasteiger partial charge in [0.15, 0.2) is 5.84 Å². The first kappa shape index (κ1) is 12.6. The van der Waals surface area contributed by atoms with E-state index in [-0.39, 0.29) is 5.84 Å². The Labute approximate surface area is 106 Å². The SMILES string of the molecule is Cc1cc(N2CCN(CC(N)=NO)CC2)ncn1. The van der Waals surface area contributed by atoms with Gasteiger partial charge in [0.25, 0.3) is 0 Å². The van der Waals surface area contributed by atoms with Crippen LogP contribution in [0.25, 0.3) is 0 Å². The van der Waals surface area contributed by atoms with Crippen molar-refractivity contribution in [2.45, 2.75) is 6.92 Å². The molecule has 1 aromatic heterocycles. The lowest BCUT2D eigenvalue weighted by Gasteiger charge is -2.35. The summed E-state index contributed by atoms with van der Waals surface area (Å²) < 4.78 is 0. The van der Waals surface area contributed by atoms with E-state index in [1.54, 1.807) is 6.33 Å². The summed E-state index contributed by atoms with van der Waals surface area (Å²) in [6.07, 6.45) is 1.59. The van der Waals surface area contributed by atoms with Crippen molar-refractivity contribution in [1.29, 1.82) is 0 Å². The Hall–Kier alpha value is -1.89. The van der Waals surface area contributed by atoms with Gasteiger partial charge in [-0.15, -0.1) is 0 Å². The third kappa shape index (κ3) is 3.07. The average Bonchev–Trinajstić information content (AvgIpc) is 2.39. The Morgan fingerprint density at radius 2 is 2.11 bits per heavy atom. The highest BCUT2D eigenvalue weighted by Crippen LogP contribution is 2.13. The van der Waals surface area contributed by atoms with Crippen molar-refractivity contribution in [3.63, 3.8) is 0 Å². The highest BCUT2D eigenvalue weighted by molar-refractivity contribution is 5.81. The van der Waals surface area contributed by atoms with Gasteiger partial charge in [-0.05, 0) is 6.92 Å². The Morgan fingerprint density at radius 1 is 1.39 bits per heavy atom. The number of aryl methyl sites for hydroxylation is 1. The third-order valence-electron chi connectivity index (χ3n) is 3.00. The van der Waals surface area contributed by atoms with E-state index in [0.717, 1.165) is 37.7 Å². The Kier molecular flexibility index (Phi) is 3.93. The molecule has 0 atom stereocenters. The van der Waals surface area contributed by atoms with Gasteiger partial charge in [-0.1, -0.05) is 5.16 Å². The predicted octanol–water partition coefficient (Wildman–Crippen LogP) is -0.347. The van der Waals surface area contributed by atoms with Gasteiger partial charge in [0.05, 0.1) is 6.54 Å². The molecule has 7 heteroatoms. The topological polar surface area (TPSA) is 90.9 Å². The predicted molar refractivity (Wildman–Crippen MR) is 68.8 cm³/mol. The van der Waals surface area contributed by atoms with Crippen LogP contribution in [0.3, 0.4) is 0 Å². The molecule has 0 radical (unpaired) electrons. The van der Waals surface area contributed by atoms with E-state index in [4.69, 9.17) is 10.9 Å². The number of nitrogens with zero attached hydrogens (tertiary/aromatic N) is 5. The summed E-state index contributed by atoms with van der Waals surface area (Å²) in [5.74, 6) is 1.22. The number of hydrogen-bond donors (Lipinski definition) is 2. The summed E-state index contributed by atoms with van der Waals surface area (Å²) in [6, 6.07) is 1.99. The second kappa shape index (κ2) is 5.63. The van der Waals surface area contributed by atoms with Gasteiger partial charge in [0.2, 0.25) is 0 Å². The van der Waals surface area contributed by atoms with Crippen LogP contribution < -0.4 is 10.6 Å². The monoisotopic (exact) mass is 250 g/mol. The zero-order valence-electron chi connectivity index (χ0n) is 10.5. The largest absolute Gasteiger partial charge is 0.409 e. The summed E-state index contributed by atoms with van der Waals surface area (Å²) >= 11 is 0. The molecule has 1 fully saturated rings. The van der Waals surface area contributed by atoms with Gasteiger partial charge in [0, 0.05) is 37.9 Å². The first-order valence-corrected chi connectivity index (χ1v) is 5.91. The van der Waals surface area contributed by atoms with Crippen LogP contribution in [-0.4, -0.2) is 58.6 Å². The Morgan fingerprint density at radius 3 is 2.72 bits per heavy atom. The number of aromatic nitrogens is 2. The van der Waals surface area contributed by atoms with Crippen LogP contribution >= 0.6 is 0 Å². The lowest BCUT2D eigenvalue weighted by Crippen LogP contribution is -2.49. The fourth-order valence-electron chi connectivity index (χ4n) is 2.01. The molecule has 7 nitrogen and oxygen atoms in total. The maximum Gasteiger partial charge on any atom is 0.153 e. The van der Waals surface area contributed by atoms with E-state index in [0.29, 0.717) is 6.54 Å². The molecule has 0 amide bonds. The molecule has 2 rings (SSSR count). The van der Waals surface area contributed by atoms with Crippen LogP contribution in [0.5, 0.6) is 0 Å². The van der Waals surface area contributed by atoms with E-state index >= 15 is 0 Å².